The van der Waals surface area contributed by atoms with Gasteiger partial charge < -0.3 is 4.74 Å². The van der Waals surface area contributed by atoms with Crippen molar-refractivity contribution in [2.45, 2.75) is 32.0 Å². The third kappa shape index (κ3) is 2.85. The van der Waals surface area contributed by atoms with Gasteiger partial charge in [-0.2, -0.15) is 0 Å². The van der Waals surface area contributed by atoms with Crippen LogP contribution in [-0.2, 0) is 6.42 Å². The minimum Gasteiger partial charge on any atom is -0.493 e. The van der Waals surface area contributed by atoms with Crippen molar-refractivity contribution in [3.63, 3.8) is 0 Å². The van der Waals surface area contributed by atoms with Crippen LogP contribution in [0.3, 0.4) is 0 Å². The van der Waals surface area contributed by atoms with Crippen LogP contribution in [0.25, 0.3) is 0 Å². The summed E-state index contributed by atoms with van der Waals surface area (Å²) >= 11 is 3.32. The summed E-state index contributed by atoms with van der Waals surface area (Å²) in [5, 5.41) is 0. The second-order valence-electron chi connectivity index (χ2n) is 3.56. The lowest BCUT2D eigenvalue weighted by atomic mass is 9.99. The first kappa shape index (κ1) is 13.2. The van der Waals surface area contributed by atoms with E-state index in [2.05, 4.69) is 15.9 Å². The molecule has 16 heavy (non-hydrogen) atoms. The summed E-state index contributed by atoms with van der Waals surface area (Å²) in [5.74, 6) is 0.777. The Balaban J connectivity index is 3.24. The molecule has 0 saturated heterocycles. The molecule has 0 radical (unpaired) electrons. The summed E-state index contributed by atoms with van der Waals surface area (Å²) < 4.78 is 5.51. The van der Waals surface area contributed by atoms with E-state index in [9.17, 15) is 4.79 Å². The number of benzene rings is 1. The SMILES string of the molecule is CCOc1cccc(CC)c1C(=O)C(C)Br. The molecule has 0 amide bonds. The molecular weight excluding hydrogens is 268 g/mol. The normalized spacial score (nSPS) is 12.2. The highest BCUT2D eigenvalue weighted by molar-refractivity contribution is 9.10. The van der Waals surface area contributed by atoms with E-state index in [1.165, 1.54) is 0 Å². The maximum Gasteiger partial charge on any atom is 0.180 e. The predicted molar refractivity (Wildman–Crippen MR) is 69.7 cm³/mol. The number of ketones is 1. The van der Waals surface area contributed by atoms with Gasteiger partial charge in [-0.15, -0.1) is 0 Å². The highest BCUT2D eigenvalue weighted by Crippen LogP contribution is 2.26. The zero-order chi connectivity index (χ0) is 12.1. The number of alkyl halides is 1. The Bertz CT molecular complexity index is 372. The van der Waals surface area contributed by atoms with Crippen molar-refractivity contribution in [2.75, 3.05) is 6.61 Å². The summed E-state index contributed by atoms with van der Waals surface area (Å²) in [4.78, 5) is 11.9. The van der Waals surface area contributed by atoms with Crippen LogP contribution in [0.15, 0.2) is 18.2 Å². The molecule has 0 spiro atoms. The van der Waals surface area contributed by atoms with Crippen molar-refractivity contribution in [1.82, 2.24) is 0 Å². The van der Waals surface area contributed by atoms with Crippen LogP contribution >= 0.6 is 15.9 Å². The van der Waals surface area contributed by atoms with Crippen molar-refractivity contribution >= 4 is 21.7 Å². The highest BCUT2D eigenvalue weighted by Gasteiger charge is 2.19. The summed E-state index contributed by atoms with van der Waals surface area (Å²) in [5.41, 5.74) is 1.76. The van der Waals surface area contributed by atoms with Crippen molar-refractivity contribution in [3.8, 4) is 5.75 Å². The van der Waals surface area contributed by atoms with Gasteiger partial charge in [0, 0.05) is 0 Å². The average Bonchev–Trinajstić information content (AvgIpc) is 2.28. The number of carbonyl (C=O) groups excluding carboxylic acids is 1. The van der Waals surface area contributed by atoms with Crippen molar-refractivity contribution in [3.05, 3.63) is 29.3 Å². The quantitative estimate of drug-likeness (QED) is 0.610. The Kier molecular flexibility index (Phi) is 5.00. The van der Waals surface area contributed by atoms with Gasteiger partial charge in [0.25, 0.3) is 0 Å². The van der Waals surface area contributed by atoms with Gasteiger partial charge in [-0.05, 0) is 31.9 Å². The zero-order valence-electron chi connectivity index (χ0n) is 9.92. The molecule has 0 aliphatic carbocycles. The first-order valence-electron chi connectivity index (χ1n) is 5.54. The number of ether oxygens (including phenoxy) is 1. The van der Waals surface area contributed by atoms with Gasteiger partial charge in [0.1, 0.15) is 5.75 Å². The second-order valence-corrected chi connectivity index (χ2v) is 4.93. The lowest BCUT2D eigenvalue weighted by Crippen LogP contribution is -2.14. The molecule has 0 aromatic heterocycles. The largest absolute Gasteiger partial charge is 0.493 e. The minimum atomic E-state index is -0.181. The summed E-state index contributed by atoms with van der Waals surface area (Å²) in [6, 6.07) is 5.76. The first-order chi connectivity index (χ1) is 7.61. The van der Waals surface area contributed by atoms with E-state index in [4.69, 9.17) is 4.74 Å². The number of hydrogen-bond donors (Lipinski definition) is 0. The molecule has 0 aliphatic heterocycles. The molecule has 0 heterocycles. The fourth-order valence-electron chi connectivity index (χ4n) is 1.63. The Morgan fingerprint density at radius 2 is 2.12 bits per heavy atom. The number of halogens is 1. The molecule has 2 nitrogen and oxygen atoms in total. The number of aryl methyl sites for hydroxylation is 1. The molecule has 1 aromatic carbocycles. The summed E-state index contributed by atoms with van der Waals surface area (Å²) in [6.45, 7) is 6.37. The van der Waals surface area contributed by atoms with Crippen LogP contribution in [0.1, 0.15) is 36.7 Å². The van der Waals surface area contributed by atoms with Gasteiger partial charge in [0.15, 0.2) is 5.78 Å². The highest BCUT2D eigenvalue weighted by atomic mass is 79.9. The van der Waals surface area contributed by atoms with Crippen molar-refractivity contribution in [2.24, 2.45) is 0 Å². The second kappa shape index (κ2) is 6.04. The van der Waals surface area contributed by atoms with E-state index in [1.807, 2.05) is 39.0 Å². The summed E-state index contributed by atoms with van der Waals surface area (Å²) in [7, 11) is 0. The average molecular weight is 285 g/mol. The van der Waals surface area contributed by atoms with Gasteiger partial charge >= 0.3 is 0 Å². The zero-order valence-corrected chi connectivity index (χ0v) is 11.5. The standard InChI is InChI=1S/C13H17BrO2/c1-4-10-7-6-8-11(16-5-2)12(10)13(15)9(3)14/h6-9H,4-5H2,1-3H3. The van der Waals surface area contributed by atoms with Crippen molar-refractivity contribution in [1.29, 1.82) is 0 Å². The number of hydrogen-bond acceptors (Lipinski definition) is 2. The molecule has 0 fully saturated rings. The first-order valence-corrected chi connectivity index (χ1v) is 6.46. The monoisotopic (exact) mass is 284 g/mol. The molecule has 1 aromatic rings. The van der Waals surface area contributed by atoms with Crippen LogP contribution in [0, 0.1) is 0 Å². The van der Waals surface area contributed by atoms with Crippen LogP contribution in [0.4, 0.5) is 0 Å². The molecule has 0 N–H and O–H groups in total. The van der Waals surface area contributed by atoms with E-state index in [0.29, 0.717) is 12.4 Å². The Morgan fingerprint density at radius 1 is 1.44 bits per heavy atom. The molecule has 1 unspecified atom stereocenters. The Morgan fingerprint density at radius 3 is 2.62 bits per heavy atom. The number of carbonyl (C=O) groups is 1. The lowest BCUT2D eigenvalue weighted by molar-refractivity contribution is 0.0991. The van der Waals surface area contributed by atoms with Gasteiger partial charge in [0.05, 0.1) is 17.0 Å². The molecule has 0 bridgehead atoms. The van der Waals surface area contributed by atoms with E-state index >= 15 is 0 Å². The van der Waals surface area contributed by atoms with Crippen LogP contribution in [-0.4, -0.2) is 17.2 Å². The molecular formula is C13H17BrO2. The molecule has 0 saturated carbocycles. The van der Waals surface area contributed by atoms with Crippen LogP contribution < -0.4 is 4.74 Å². The third-order valence-corrected chi connectivity index (χ3v) is 2.82. The molecule has 1 rings (SSSR count). The smallest absolute Gasteiger partial charge is 0.180 e. The van der Waals surface area contributed by atoms with E-state index < -0.39 is 0 Å². The van der Waals surface area contributed by atoms with Gasteiger partial charge in [-0.25, -0.2) is 0 Å². The fourth-order valence-corrected chi connectivity index (χ4v) is 1.85. The fraction of sp³-hybridized carbons (Fsp3) is 0.462. The molecule has 1 atom stereocenters. The lowest BCUT2D eigenvalue weighted by Gasteiger charge is -2.14. The van der Waals surface area contributed by atoms with Crippen LogP contribution in [0.2, 0.25) is 0 Å². The number of Topliss-reactive ketones (excluding diaryl/α,β-unsaturated/α-hetero) is 1. The van der Waals surface area contributed by atoms with E-state index in [0.717, 1.165) is 17.5 Å². The van der Waals surface area contributed by atoms with Gasteiger partial charge in [-0.1, -0.05) is 35.0 Å². The van der Waals surface area contributed by atoms with E-state index in [1.54, 1.807) is 0 Å². The topological polar surface area (TPSA) is 26.3 Å². The summed E-state index contributed by atoms with van der Waals surface area (Å²) in [6.07, 6.45) is 0.835. The predicted octanol–water partition coefficient (Wildman–Crippen LogP) is 3.61. The number of rotatable bonds is 5. The Hall–Kier alpha value is -0.830. The molecule has 88 valence electrons. The van der Waals surface area contributed by atoms with Crippen LogP contribution in [0.5, 0.6) is 5.75 Å². The molecule has 0 aliphatic rings. The maximum absolute atomic E-state index is 12.1. The van der Waals surface area contributed by atoms with Crippen molar-refractivity contribution < 1.29 is 9.53 Å². The maximum atomic E-state index is 12.1. The molecule has 3 heteroatoms. The minimum absolute atomic E-state index is 0.0842. The third-order valence-electron chi connectivity index (χ3n) is 2.40. The van der Waals surface area contributed by atoms with Gasteiger partial charge in [0.2, 0.25) is 0 Å². The van der Waals surface area contributed by atoms with E-state index in [-0.39, 0.29) is 10.6 Å². The Labute approximate surface area is 105 Å². The van der Waals surface area contributed by atoms with Gasteiger partial charge in [-0.3, -0.25) is 4.79 Å².